The van der Waals surface area contributed by atoms with Gasteiger partial charge in [-0.15, -0.1) is 0 Å². The van der Waals surface area contributed by atoms with Crippen molar-refractivity contribution in [2.24, 2.45) is 23.5 Å². The summed E-state index contributed by atoms with van der Waals surface area (Å²) in [5.41, 5.74) is 5.65. The van der Waals surface area contributed by atoms with Gasteiger partial charge in [0.15, 0.2) is 0 Å². The van der Waals surface area contributed by atoms with Crippen molar-refractivity contribution in [3.8, 4) is 0 Å². The summed E-state index contributed by atoms with van der Waals surface area (Å²) >= 11 is 0. The first-order valence-corrected chi connectivity index (χ1v) is 6.41. The quantitative estimate of drug-likeness (QED) is 0.755. The van der Waals surface area contributed by atoms with E-state index in [1.54, 1.807) is 7.11 Å². The summed E-state index contributed by atoms with van der Waals surface area (Å²) in [4.78, 5) is 12.1. The molecule has 0 aliphatic heterocycles. The lowest BCUT2D eigenvalue weighted by Crippen LogP contribution is -2.29. The van der Waals surface area contributed by atoms with Crippen molar-refractivity contribution in [1.82, 2.24) is 0 Å². The maximum absolute atomic E-state index is 12.1. The van der Waals surface area contributed by atoms with Crippen LogP contribution in [0.2, 0.25) is 0 Å². The van der Waals surface area contributed by atoms with E-state index in [0.29, 0.717) is 18.3 Å². The van der Waals surface area contributed by atoms with Gasteiger partial charge in [0.05, 0.1) is 0 Å². The molecule has 1 atom stereocenters. The van der Waals surface area contributed by atoms with Gasteiger partial charge in [-0.1, -0.05) is 6.92 Å². The molecule has 1 unspecified atom stereocenters. The molecule has 0 radical (unpaired) electrons. The van der Waals surface area contributed by atoms with Gasteiger partial charge in [-0.05, 0) is 44.6 Å². The van der Waals surface area contributed by atoms with E-state index in [-0.39, 0.29) is 11.8 Å². The number of ether oxygens (including phenoxy) is 1. The van der Waals surface area contributed by atoms with E-state index in [1.165, 1.54) is 0 Å². The first-order chi connectivity index (χ1) is 7.69. The Hall–Kier alpha value is -0.410. The molecular weight excluding hydrogens is 202 g/mol. The lowest BCUT2D eigenvalue weighted by Gasteiger charge is -2.28. The van der Waals surface area contributed by atoms with E-state index in [2.05, 4.69) is 0 Å². The molecule has 3 nitrogen and oxygen atoms in total. The van der Waals surface area contributed by atoms with Gasteiger partial charge in [0, 0.05) is 25.6 Å². The van der Waals surface area contributed by atoms with Gasteiger partial charge in [0.25, 0.3) is 0 Å². The molecule has 2 N–H and O–H groups in total. The van der Waals surface area contributed by atoms with Crippen LogP contribution in [-0.2, 0) is 9.53 Å². The van der Waals surface area contributed by atoms with Crippen molar-refractivity contribution in [3.05, 3.63) is 0 Å². The van der Waals surface area contributed by atoms with Crippen LogP contribution >= 0.6 is 0 Å². The summed E-state index contributed by atoms with van der Waals surface area (Å²) in [5, 5.41) is 0. The van der Waals surface area contributed by atoms with Gasteiger partial charge < -0.3 is 10.5 Å². The normalized spacial score (nSPS) is 27.7. The number of carbonyl (C=O) groups is 1. The van der Waals surface area contributed by atoms with Gasteiger partial charge in [-0.3, -0.25) is 4.79 Å². The van der Waals surface area contributed by atoms with Crippen LogP contribution in [0.1, 0.15) is 39.0 Å². The van der Waals surface area contributed by atoms with Crippen molar-refractivity contribution in [2.75, 3.05) is 20.3 Å². The molecule has 0 aromatic rings. The smallest absolute Gasteiger partial charge is 0.138 e. The maximum Gasteiger partial charge on any atom is 0.138 e. The van der Waals surface area contributed by atoms with E-state index < -0.39 is 0 Å². The van der Waals surface area contributed by atoms with Gasteiger partial charge in [-0.2, -0.15) is 0 Å². The number of nitrogens with two attached hydrogens (primary N) is 1. The standard InChI is InChI=1S/C13H25NO2/c1-10(7-8-16-2)13(15)12-5-3-11(9-14)4-6-12/h10-12H,3-9,14H2,1-2H3. The Morgan fingerprint density at radius 2 is 2.00 bits per heavy atom. The van der Waals surface area contributed by atoms with Crippen LogP contribution in [0.15, 0.2) is 0 Å². The second kappa shape index (κ2) is 7.02. The molecule has 3 heteroatoms. The average molecular weight is 227 g/mol. The second-order valence-corrected chi connectivity index (χ2v) is 5.04. The summed E-state index contributed by atoms with van der Waals surface area (Å²) in [7, 11) is 1.68. The molecule has 1 saturated carbocycles. The highest BCUT2D eigenvalue weighted by Crippen LogP contribution is 2.30. The van der Waals surface area contributed by atoms with Gasteiger partial charge in [-0.25, -0.2) is 0 Å². The van der Waals surface area contributed by atoms with Crippen molar-refractivity contribution < 1.29 is 9.53 Å². The van der Waals surface area contributed by atoms with E-state index in [1.807, 2.05) is 6.92 Å². The number of carbonyl (C=O) groups excluding carboxylic acids is 1. The first-order valence-electron chi connectivity index (χ1n) is 6.41. The third-order valence-electron chi connectivity index (χ3n) is 3.82. The fraction of sp³-hybridized carbons (Fsp3) is 0.923. The van der Waals surface area contributed by atoms with Gasteiger partial charge in [0.2, 0.25) is 0 Å². The molecular formula is C13H25NO2. The van der Waals surface area contributed by atoms with Crippen molar-refractivity contribution in [2.45, 2.75) is 39.0 Å². The molecule has 1 rings (SSSR count). The monoisotopic (exact) mass is 227 g/mol. The third kappa shape index (κ3) is 3.87. The fourth-order valence-corrected chi connectivity index (χ4v) is 2.52. The van der Waals surface area contributed by atoms with Gasteiger partial charge >= 0.3 is 0 Å². The lowest BCUT2D eigenvalue weighted by molar-refractivity contribution is -0.128. The molecule has 0 spiro atoms. The summed E-state index contributed by atoms with van der Waals surface area (Å²) in [5.74, 6) is 1.53. The number of ketones is 1. The number of hydrogen-bond acceptors (Lipinski definition) is 3. The summed E-state index contributed by atoms with van der Waals surface area (Å²) < 4.78 is 5.02. The molecule has 0 amide bonds. The molecule has 94 valence electrons. The maximum atomic E-state index is 12.1. The van der Waals surface area contributed by atoms with E-state index in [9.17, 15) is 4.79 Å². The van der Waals surface area contributed by atoms with E-state index >= 15 is 0 Å². The highest BCUT2D eigenvalue weighted by Gasteiger charge is 2.28. The number of Topliss-reactive ketones (excluding diaryl/α,β-unsaturated/α-hetero) is 1. The minimum atomic E-state index is 0.152. The number of rotatable bonds is 6. The highest BCUT2D eigenvalue weighted by atomic mass is 16.5. The Kier molecular flexibility index (Phi) is 5.99. The Labute approximate surface area is 98.7 Å². The van der Waals surface area contributed by atoms with E-state index in [0.717, 1.165) is 38.6 Å². The molecule has 1 aliphatic carbocycles. The largest absolute Gasteiger partial charge is 0.385 e. The topological polar surface area (TPSA) is 52.3 Å². The Bertz CT molecular complexity index is 210. The number of hydrogen-bond donors (Lipinski definition) is 1. The summed E-state index contributed by atoms with van der Waals surface area (Å²) in [6.45, 7) is 3.49. The molecule has 0 saturated heterocycles. The zero-order chi connectivity index (χ0) is 12.0. The van der Waals surface area contributed by atoms with Crippen molar-refractivity contribution in [3.63, 3.8) is 0 Å². The predicted molar refractivity (Wildman–Crippen MR) is 65.2 cm³/mol. The van der Waals surface area contributed by atoms with Crippen LogP contribution in [0.4, 0.5) is 0 Å². The van der Waals surface area contributed by atoms with Crippen molar-refractivity contribution >= 4 is 5.78 Å². The molecule has 0 aromatic heterocycles. The molecule has 1 aliphatic rings. The van der Waals surface area contributed by atoms with Crippen LogP contribution < -0.4 is 5.73 Å². The molecule has 16 heavy (non-hydrogen) atoms. The van der Waals surface area contributed by atoms with Crippen LogP contribution in [-0.4, -0.2) is 26.0 Å². The van der Waals surface area contributed by atoms with E-state index in [4.69, 9.17) is 10.5 Å². The Balaban J connectivity index is 2.32. The predicted octanol–water partition coefficient (Wildman–Crippen LogP) is 1.99. The first kappa shape index (κ1) is 13.7. The fourth-order valence-electron chi connectivity index (χ4n) is 2.52. The Morgan fingerprint density at radius 3 is 2.50 bits per heavy atom. The second-order valence-electron chi connectivity index (χ2n) is 5.04. The lowest BCUT2D eigenvalue weighted by atomic mass is 9.77. The molecule has 0 bridgehead atoms. The van der Waals surface area contributed by atoms with Crippen LogP contribution in [0.25, 0.3) is 0 Å². The third-order valence-corrected chi connectivity index (χ3v) is 3.82. The van der Waals surface area contributed by atoms with Crippen molar-refractivity contribution in [1.29, 1.82) is 0 Å². The zero-order valence-electron chi connectivity index (χ0n) is 10.6. The molecule has 1 fully saturated rings. The highest BCUT2D eigenvalue weighted by molar-refractivity contribution is 5.83. The SMILES string of the molecule is COCCC(C)C(=O)C1CCC(CN)CC1. The van der Waals surface area contributed by atoms with Crippen LogP contribution in [0.3, 0.4) is 0 Å². The minimum Gasteiger partial charge on any atom is -0.385 e. The summed E-state index contributed by atoms with van der Waals surface area (Å²) in [6, 6.07) is 0. The van der Waals surface area contributed by atoms with Gasteiger partial charge in [0.1, 0.15) is 5.78 Å². The minimum absolute atomic E-state index is 0.152. The molecule has 0 heterocycles. The Morgan fingerprint density at radius 1 is 1.38 bits per heavy atom. The number of methoxy groups -OCH3 is 1. The van der Waals surface area contributed by atoms with Crippen LogP contribution in [0, 0.1) is 17.8 Å². The van der Waals surface area contributed by atoms with Crippen LogP contribution in [0.5, 0.6) is 0 Å². The zero-order valence-corrected chi connectivity index (χ0v) is 10.6. The average Bonchev–Trinajstić information content (AvgIpc) is 2.35. The molecule has 0 aromatic carbocycles. The summed E-state index contributed by atoms with van der Waals surface area (Å²) in [6.07, 6.45) is 5.19.